The molecule has 1 spiro atoms. The summed E-state index contributed by atoms with van der Waals surface area (Å²) in [6.45, 7) is 0. The van der Waals surface area contributed by atoms with Gasteiger partial charge in [0.05, 0.1) is 22.1 Å². The summed E-state index contributed by atoms with van der Waals surface area (Å²) in [4.78, 5) is 0.296. The van der Waals surface area contributed by atoms with Gasteiger partial charge in [0.15, 0.2) is 0 Å². The lowest BCUT2D eigenvalue weighted by Crippen LogP contribution is -2.37. The molecule has 33 heavy (non-hydrogen) atoms. The predicted molar refractivity (Wildman–Crippen MR) is 140 cm³/mol. The quantitative estimate of drug-likeness (QED) is 0.196. The Morgan fingerprint density at radius 1 is 0.727 bits per heavy atom. The van der Waals surface area contributed by atoms with E-state index < -0.39 is 0 Å². The van der Waals surface area contributed by atoms with Crippen LogP contribution in [0.3, 0.4) is 0 Å². The number of nitrogens with zero attached hydrogens (tertiary/aromatic N) is 1. The zero-order chi connectivity index (χ0) is 21.7. The summed E-state index contributed by atoms with van der Waals surface area (Å²) in [6.07, 6.45) is 5.68. The summed E-state index contributed by atoms with van der Waals surface area (Å²) in [7, 11) is 0. The van der Waals surface area contributed by atoms with Gasteiger partial charge in [-0.15, -0.1) is 0 Å². The summed E-state index contributed by atoms with van der Waals surface area (Å²) in [5.41, 5.74) is 12.0. The first-order valence-corrected chi connectivity index (χ1v) is 12.5. The van der Waals surface area contributed by atoms with Crippen LogP contribution in [0.25, 0.3) is 33.1 Å². The summed E-state index contributed by atoms with van der Waals surface area (Å²) in [5.74, 6) is 0. The van der Waals surface area contributed by atoms with E-state index >= 15 is 0 Å². The highest BCUT2D eigenvalue weighted by Gasteiger charge is 2.53. The van der Waals surface area contributed by atoms with Crippen LogP contribution in [0.15, 0.2) is 109 Å². The van der Waals surface area contributed by atoms with Crippen LogP contribution in [0.5, 0.6) is 0 Å². The highest BCUT2D eigenvalue weighted by atomic mass is 79.9. The maximum absolute atomic E-state index is 4.12. The third-order valence-corrected chi connectivity index (χ3v) is 8.74. The lowest BCUT2D eigenvalue weighted by Gasteiger charge is -2.42. The second-order valence-corrected chi connectivity index (χ2v) is 10.4. The Bertz CT molecular complexity index is 1720. The molecule has 1 nitrogen and oxygen atoms in total. The van der Waals surface area contributed by atoms with E-state index in [-0.39, 0.29) is 5.41 Å². The maximum Gasteiger partial charge on any atom is 0.0728 e. The molecule has 8 rings (SSSR count). The fourth-order valence-corrected chi connectivity index (χ4v) is 7.63. The Labute approximate surface area is 200 Å². The topological polar surface area (TPSA) is 4.93 Å². The van der Waals surface area contributed by atoms with Gasteiger partial charge in [0, 0.05) is 15.6 Å². The van der Waals surface area contributed by atoms with Crippen LogP contribution in [0.1, 0.15) is 28.7 Å². The van der Waals surface area contributed by atoms with Gasteiger partial charge in [0.2, 0.25) is 0 Å². The molecule has 1 aromatic heterocycles. The van der Waals surface area contributed by atoms with Crippen molar-refractivity contribution in [2.45, 2.75) is 16.7 Å². The highest BCUT2D eigenvalue weighted by molar-refractivity contribution is 9.09. The van der Waals surface area contributed by atoms with Crippen LogP contribution in [0.4, 0.5) is 0 Å². The Morgan fingerprint density at radius 2 is 1.45 bits per heavy atom. The van der Waals surface area contributed by atoms with E-state index in [0.29, 0.717) is 4.83 Å². The van der Waals surface area contributed by atoms with Crippen molar-refractivity contribution in [2.75, 3.05) is 0 Å². The fraction of sp³-hybridized carbons (Fsp3) is 0.0968. The molecule has 2 aliphatic carbocycles. The number of hydrogen-bond donors (Lipinski definition) is 0. The number of aromatic nitrogens is 1. The van der Waals surface area contributed by atoms with Gasteiger partial charge in [-0.3, -0.25) is 0 Å². The van der Waals surface area contributed by atoms with Crippen molar-refractivity contribution in [3.05, 3.63) is 131 Å². The minimum atomic E-state index is -0.300. The second-order valence-electron chi connectivity index (χ2n) is 9.30. The molecule has 2 heterocycles. The van der Waals surface area contributed by atoms with Gasteiger partial charge in [-0.05, 0) is 52.0 Å². The monoisotopic (exact) mass is 485 g/mol. The number of allylic oxidation sites excluding steroid dienone is 4. The van der Waals surface area contributed by atoms with E-state index in [0.717, 1.165) is 6.42 Å². The van der Waals surface area contributed by atoms with Crippen molar-refractivity contribution in [2.24, 2.45) is 0 Å². The molecule has 5 aromatic rings. The largest absolute Gasteiger partial charge is 0.309 e. The van der Waals surface area contributed by atoms with E-state index in [4.69, 9.17) is 0 Å². The second kappa shape index (κ2) is 6.15. The summed E-state index contributed by atoms with van der Waals surface area (Å²) in [6, 6.07) is 33.9. The lowest BCUT2D eigenvalue weighted by atomic mass is 9.63. The molecular formula is C31H20BrN. The van der Waals surface area contributed by atoms with Gasteiger partial charge in [-0.25, -0.2) is 0 Å². The zero-order valence-electron chi connectivity index (χ0n) is 17.9. The van der Waals surface area contributed by atoms with Gasteiger partial charge in [-0.1, -0.05) is 107 Å². The summed E-state index contributed by atoms with van der Waals surface area (Å²) < 4.78 is 2.50. The fourth-order valence-electron chi connectivity index (χ4n) is 6.83. The Kier molecular flexibility index (Phi) is 3.38. The van der Waals surface area contributed by atoms with Crippen LogP contribution in [0.2, 0.25) is 0 Å². The lowest BCUT2D eigenvalue weighted by molar-refractivity contribution is 0.694. The normalized spacial score (nSPS) is 22.2. The Hall–Kier alpha value is -3.36. The van der Waals surface area contributed by atoms with Gasteiger partial charge < -0.3 is 4.57 Å². The Morgan fingerprint density at radius 3 is 2.39 bits per heavy atom. The van der Waals surface area contributed by atoms with Gasteiger partial charge in [0.1, 0.15) is 0 Å². The number of halogens is 1. The number of benzene rings is 4. The first-order valence-electron chi connectivity index (χ1n) is 11.6. The molecule has 1 aliphatic heterocycles. The molecule has 2 unspecified atom stereocenters. The number of alkyl halides is 1. The van der Waals surface area contributed by atoms with Crippen LogP contribution >= 0.6 is 15.9 Å². The molecule has 0 N–H and O–H groups in total. The van der Waals surface area contributed by atoms with Crippen molar-refractivity contribution in [3.63, 3.8) is 0 Å². The first-order chi connectivity index (χ1) is 16.3. The smallest absolute Gasteiger partial charge is 0.0728 e. The molecule has 4 aromatic carbocycles. The molecule has 0 saturated carbocycles. The highest BCUT2D eigenvalue weighted by Crippen LogP contribution is 2.62. The molecule has 0 saturated heterocycles. The van der Waals surface area contributed by atoms with Crippen LogP contribution in [-0.4, -0.2) is 9.39 Å². The van der Waals surface area contributed by atoms with Crippen molar-refractivity contribution in [3.8, 4) is 5.69 Å². The van der Waals surface area contributed by atoms with Gasteiger partial charge in [0.25, 0.3) is 0 Å². The van der Waals surface area contributed by atoms with Gasteiger partial charge in [-0.2, -0.15) is 0 Å². The standard InChI is InChI=1S/C31H20BrN/c32-26-16-8-11-21-19-9-1-3-13-23(19)31(29(21)26)24-14-4-6-18-28(24)33-27-17-5-2-10-20(27)22-12-7-15-25(31)30(22)33/h1-15,17-18,26H,16H2. The van der Waals surface area contributed by atoms with E-state index in [1.165, 1.54) is 60.9 Å². The average molecular weight is 486 g/mol. The maximum atomic E-state index is 4.12. The van der Waals surface area contributed by atoms with E-state index in [9.17, 15) is 0 Å². The number of para-hydroxylation sites is 3. The van der Waals surface area contributed by atoms with Crippen molar-refractivity contribution < 1.29 is 0 Å². The minimum Gasteiger partial charge on any atom is -0.309 e. The molecule has 3 aliphatic rings. The number of fused-ring (bicyclic) bond motifs is 11. The molecule has 0 fully saturated rings. The average Bonchev–Trinajstić information content (AvgIpc) is 3.36. The van der Waals surface area contributed by atoms with Crippen molar-refractivity contribution >= 4 is 43.3 Å². The number of hydrogen-bond acceptors (Lipinski definition) is 0. The molecule has 2 atom stereocenters. The third-order valence-electron chi connectivity index (χ3n) is 7.90. The van der Waals surface area contributed by atoms with Crippen LogP contribution < -0.4 is 0 Å². The summed E-state index contributed by atoms with van der Waals surface area (Å²) in [5, 5.41) is 2.65. The molecule has 2 heteroatoms. The molecule has 0 amide bonds. The van der Waals surface area contributed by atoms with E-state index in [1.54, 1.807) is 0 Å². The predicted octanol–water partition coefficient (Wildman–Crippen LogP) is 7.92. The van der Waals surface area contributed by atoms with E-state index in [1.807, 2.05) is 0 Å². The summed E-state index contributed by atoms with van der Waals surface area (Å²) >= 11 is 4.12. The third kappa shape index (κ3) is 1.97. The van der Waals surface area contributed by atoms with Crippen molar-refractivity contribution in [1.29, 1.82) is 0 Å². The SMILES string of the molecule is BrC1CC=CC2=C1C1(c3ccccc32)c2ccccc2-n2c3ccccc3c3cccc1c32. The Balaban J connectivity index is 1.68. The molecular weight excluding hydrogens is 466 g/mol. The number of rotatable bonds is 0. The molecule has 156 valence electrons. The molecule has 0 radical (unpaired) electrons. The van der Waals surface area contributed by atoms with Crippen LogP contribution in [0, 0.1) is 0 Å². The van der Waals surface area contributed by atoms with E-state index in [2.05, 4.69) is 124 Å². The first kappa shape index (κ1) is 18.1. The van der Waals surface area contributed by atoms with Gasteiger partial charge >= 0.3 is 0 Å². The van der Waals surface area contributed by atoms with Crippen molar-refractivity contribution in [1.82, 2.24) is 4.57 Å². The van der Waals surface area contributed by atoms with Crippen LogP contribution in [-0.2, 0) is 5.41 Å². The zero-order valence-corrected chi connectivity index (χ0v) is 19.5. The molecule has 0 bridgehead atoms. The minimum absolute atomic E-state index is 0.296.